The van der Waals surface area contributed by atoms with Crippen molar-refractivity contribution in [1.29, 1.82) is 0 Å². The van der Waals surface area contributed by atoms with Gasteiger partial charge >= 0.3 is 5.97 Å². The van der Waals surface area contributed by atoms with Crippen LogP contribution < -0.4 is 5.73 Å². The van der Waals surface area contributed by atoms with Gasteiger partial charge in [0, 0.05) is 12.9 Å². The van der Waals surface area contributed by atoms with Crippen molar-refractivity contribution in [3.8, 4) is 0 Å². The lowest BCUT2D eigenvalue weighted by Gasteiger charge is -2.48. The van der Waals surface area contributed by atoms with Crippen molar-refractivity contribution in [2.24, 2.45) is 5.73 Å². The van der Waals surface area contributed by atoms with Crippen LogP contribution in [-0.2, 0) is 19.1 Å². The van der Waals surface area contributed by atoms with Crippen LogP contribution in [0.15, 0.2) is 11.3 Å². The highest BCUT2D eigenvalue weighted by Crippen LogP contribution is 2.42. The van der Waals surface area contributed by atoms with E-state index in [1.54, 1.807) is 7.11 Å². The van der Waals surface area contributed by atoms with Crippen LogP contribution in [0, 0.1) is 0 Å². The minimum Gasteiger partial charge on any atom is -0.477 e. The number of nitrogens with two attached hydrogens (primary N) is 1. The molecule has 0 bridgehead atoms. The van der Waals surface area contributed by atoms with E-state index in [1.165, 1.54) is 16.7 Å². The molecule has 0 unspecified atom stereocenters. The number of nitrogens with zero attached hydrogens (tertiary/aromatic N) is 1. The molecule has 21 heavy (non-hydrogen) atoms. The van der Waals surface area contributed by atoms with Crippen LogP contribution in [0.25, 0.3) is 0 Å². The van der Waals surface area contributed by atoms with E-state index in [0.29, 0.717) is 17.9 Å². The molecule has 4 atom stereocenters. The Labute approximate surface area is 126 Å². The number of ether oxygens (including phenoxy) is 2. The van der Waals surface area contributed by atoms with E-state index >= 15 is 0 Å². The largest absolute Gasteiger partial charge is 0.477 e. The van der Waals surface area contributed by atoms with E-state index in [1.807, 2.05) is 0 Å². The predicted molar refractivity (Wildman–Crippen MR) is 75.5 cm³/mol. The molecule has 3 aliphatic rings. The minimum atomic E-state index is -1.09. The van der Waals surface area contributed by atoms with Crippen molar-refractivity contribution >= 4 is 23.6 Å². The van der Waals surface area contributed by atoms with Gasteiger partial charge in [0.1, 0.15) is 17.1 Å². The number of carbonyl (C=O) groups is 2. The Balaban J connectivity index is 1.85. The third-order valence-electron chi connectivity index (χ3n) is 4.09. The second-order valence-corrected chi connectivity index (χ2v) is 6.50. The molecule has 0 radical (unpaired) electrons. The van der Waals surface area contributed by atoms with Gasteiger partial charge in [-0.2, -0.15) is 0 Å². The summed E-state index contributed by atoms with van der Waals surface area (Å²) in [5, 5.41) is 9.22. The molecule has 8 heteroatoms. The second kappa shape index (κ2) is 5.60. The number of carboxylic acid groups (broad SMARTS) is 1. The zero-order chi connectivity index (χ0) is 15.1. The van der Waals surface area contributed by atoms with Crippen molar-refractivity contribution in [2.45, 2.75) is 36.5 Å². The highest BCUT2D eigenvalue weighted by Gasteiger charge is 2.52. The molecule has 3 aliphatic heterocycles. The fraction of sp³-hybridized carbons (Fsp3) is 0.692. The van der Waals surface area contributed by atoms with Crippen molar-refractivity contribution < 1.29 is 24.2 Å². The summed E-state index contributed by atoms with van der Waals surface area (Å²) in [6.45, 7) is 0.496. The maximum atomic E-state index is 11.9. The van der Waals surface area contributed by atoms with Crippen molar-refractivity contribution in [1.82, 2.24) is 4.90 Å². The molecule has 116 valence electrons. The van der Waals surface area contributed by atoms with Gasteiger partial charge < -0.3 is 20.3 Å². The molecule has 2 fully saturated rings. The van der Waals surface area contributed by atoms with Gasteiger partial charge in [-0.05, 0) is 18.4 Å². The Bertz CT molecular complexity index is 509. The first-order chi connectivity index (χ1) is 10.0. The van der Waals surface area contributed by atoms with E-state index < -0.39 is 12.0 Å². The van der Waals surface area contributed by atoms with Crippen molar-refractivity contribution in [2.75, 3.05) is 19.5 Å². The molecule has 7 nitrogen and oxygen atoms in total. The van der Waals surface area contributed by atoms with Gasteiger partial charge in [0.15, 0.2) is 0 Å². The van der Waals surface area contributed by atoms with E-state index in [4.69, 9.17) is 15.2 Å². The van der Waals surface area contributed by atoms with Gasteiger partial charge in [0.05, 0.1) is 18.8 Å². The molecule has 0 aromatic carbocycles. The normalized spacial score (nSPS) is 35.7. The molecule has 3 heterocycles. The summed E-state index contributed by atoms with van der Waals surface area (Å²) in [7, 11) is 1.61. The van der Waals surface area contributed by atoms with Crippen molar-refractivity contribution in [3.05, 3.63) is 11.3 Å². The highest BCUT2D eigenvalue weighted by molar-refractivity contribution is 8.00. The van der Waals surface area contributed by atoms with Gasteiger partial charge in [-0.1, -0.05) is 0 Å². The van der Waals surface area contributed by atoms with Crippen LogP contribution in [0.2, 0.25) is 0 Å². The maximum absolute atomic E-state index is 11.9. The average Bonchev–Trinajstić information content (AvgIpc) is 2.93. The SMILES string of the molecule is COC[C@@H]1CC[C@H](C2=C(C(=O)O)N3C(=O)[C@@H](N)[C@H]3SC2)O1. The lowest BCUT2D eigenvalue weighted by atomic mass is 10.00. The monoisotopic (exact) mass is 314 g/mol. The summed E-state index contributed by atoms with van der Waals surface area (Å²) >= 11 is 1.50. The first-order valence-electron chi connectivity index (χ1n) is 6.85. The summed E-state index contributed by atoms with van der Waals surface area (Å²) in [6, 6.07) is -0.600. The smallest absolute Gasteiger partial charge is 0.352 e. The number of hydrogen-bond donors (Lipinski definition) is 2. The molecule has 0 aromatic rings. The fourth-order valence-corrected chi connectivity index (χ4v) is 4.41. The molecular weight excluding hydrogens is 296 g/mol. The number of carboxylic acids is 1. The van der Waals surface area contributed by atoms with E-state index in [-0.39, 0.29) is 29.2 Å². The number of aliphatic carboxylic acids is 1. The van der Waals surface area contributed by atoms with Crippen molar-refractivity contribution in [3.63, 3.8) is 0 Å². The molecular formula is C13H18N2O5S. The Hall–Kier alpha value is -1.09. The number of amides is 1. The highest BCUT2D eigenvalue weighted by atomic mass is 32.2. The molecule has 1 amide bonds. The molecule has 3 rings (SSSR count). The Morgan fingerprint density at radius 1 is 1.57 bits per heavy atom. The summed E-state index contributed by atoms with van der Waals surface area (Å²) in [5.41, 5.74) is 6.47. The zero-order valence-corrected chi connectivity index (χ0v) is 12.5. The van der Waals surface area contributed by atoms with E-state index in [2.05, 4.69) is 0 Å². The number of thioether (sulfide) groups is 1. The van der Waals surface area contributed by atoms with Crippen LogP contribution >= 0.6 is 11.8 Å². The van der Waals surface area contributed by atoms with E-state index in [9.17, 15) is 14.7 Å². The minimum absolute atomic E-state index is 0.0142. The molecule has 0 aromatic heterocycles. The van der Waals surface area contributed by atoms with Crippen LogP contribution in [0.4, 0.5) is 0 Å². The topological polar surface area (TPSA) is 102 Å². The second-order valence-electron chi connectivity index (χ2n) is 5.39. The molecule has 0 spiro atoms. The van der Waals surface area contributed by atoms with Crippen LogP contribution in [0.5, 0.6) is 0 Å². The summed E-state index contributed by atoms with van der Waals surface area (Å²) in [5.74, 6) is -0.878. The number of methoxy groups -OCH3 is 1. The Morgan fingerprint density at radius 3 is 3.00 bits per heavy atom. The molecule has 2 saturated heterocycles. The van der Waals surface area contributed by atoms with Gasteiger partial charge in [0.2, 0.25) is 5.91 Å². The van der Waals surface area contributed by atoms with Crippen LogP contribution in [0.1, 0.15) is 12.8 Å². The Morgan fingerprint density at radius 2 is 2.33 bits per heavy atom. The number of rotatable bonds is 4. The van der Waals surface area contributed by atoms with Crippen LogP contribution in [0.3, 0.4) is 0 Å². The lowest BCUT2D eigenvalue weighted by Crippen LogP contribution is -2.68. The predicted octanol–water partition coefficient (Wildman–Crippen LogP) is -0.238. The number of β-lactam (4-membered cyclic amide) rings is 1. The summed E-state index contributed by atoms with van der Waals surface area (Å²) < 4.78 is 10.9. The number of hydrogen-bond acceptors (Lipinski definition) is 6. The quantitative estimate of drug-likeness (QED) is 0.691. The first-order valence-corrected chi connectivity index (χ1v) is 7.90. The zero-order valence-electron chi connectivity index (χ0n) is 11.7. The number of carbonyl (C=O) groups excluding carboxylic acids is 1. The molecule has 3 N–H and O–H groups in total. The summed E-state index contributed by atoms with van der Waals surface area (Å²) in [6.07, 6.45) is 1.31. The van der Waals surface area contributed by atoms with Crippen LogP contribution in [-0.4, -0.2) is 65.0 Å². The maximum Gasteiger partial charge on any atom is 0.352 e. The van der Waals surface area contributed by atoms with Gasteiger partial charge in [0.25, 0.3) is 0 Å². The fourth-order valence-electron chi connectivity index (χ4n) is 3.06. The van der Waals surface area contributed by atoms with E-state index in [0.717, 1.165) is 12.8 Å². The molecule has 0 saturated carbocycles. The third kappa shape index (κ3) is 2.36. The summed E-state index contributed by atoms with van der Waals surface area (Å²) in [4.78, 5) is 24.8. The molecule has 0 aliphatic carbocycles. The number of fused-ring (bicyclic) bond motifs is 1. The van der Waals surface area contributed by atoms with Gasteiger partial charge in [-0.25, -0.2) is 4.79 Å². The van der Waals surface area contributed by atoms with Gasteiger partial charge in [-0.3, -0.25) is 9.69 Å². The first kappa shape index (κ1) is 14.8. The average molecular weight is 314 g/mol. The standard InChI is InChI=1S/C13H18N2O5S/c1-19-4-6-2-3-8(20-6)7-5-21-12-9(14)11(16)15(12)10(7)13(17)18/h6,8-9,12H,2-5,14H2,1H3,(H,17,18)/t6-,8+,9+,12+/m0/s1. The third-order valence-corrected chi connectivity index (χ3v) is 5.41. The Kier molecular flexibility index (Phi) is 3.96. The lowest BCUT2D eigenvalue weighted by molar-refractivity contribution is -0.148. The van der Waals surface area contributed by atoms with Gasteiger partial charge in [-0.15, -0.1) is 11.8 Å².